The Bertz CT molecular complexity index is 701. The zero-order valence-corrected chi connectivity index (χ0v) is 17.0. The van der Waals surface area contributed by atoms with Crippen molar-refractivity contribution >= 4 is 54.0 Å². The molecular formula is C17H24Cl3N5O. The van der Waals surface area contributed by atoms with Crippen LogP contribution in [0.3, 0.4) is 0 Å². The van der Waals surface area contributed by atoms with Crippen LogP contribution in [0.25, 0.3) is 0 Å². The van der Waals surface area contributed by atoms with Crippen molar-refractivity contribution in [3.05, 3.63) is 41.7 Å². The summed E-state index contributed by atoms with van der Waals surface area (Å²) in [6.07, 6.45) is 3.84. The van der Waals surface area contributed by atoms with Gasteiger partial charge in [-0.1, -0.05) is 17.7 Å². The Kier molecular flexibility index (Phi) is 9.22. The maximum Gasteiger partial charge on any atom is 0.238 e. The van der Waals surface area contributed by atoms with Gasteiger partial charge in [-0.15, -0.1) is 24.8 Å². The van der Waals surface area contributed by atoms with Crippen LogP contribution < -0.4 is 10.2 Å². The highest BCUT2D eigenvalue weighted by Gasteiger charge is 2.21. The van der Waals surface area contributed by atoms with Gasteiger partial charge < -0.3 is 14.8 Å². The molecule has 0 atom stereocenters. The molecule has 2 heterocycles. The molecule has 1 amide bonds. The summed E-state index contributed by atoms with van der Waals surface area (Å²) in [7, 11) is 0. The monoisotopic (exact) mass is 419 g/mol. The van der Waals surface area contributed by atoms with Gasteiger partial charge >= 0.3 is 0 Å². The fraction of sp³-hybridized carbons (Fsp3) is 0.412. The second kappa shape index (κ2) is 10.6. The molecule has 0 bridgehead atoms. The SMILES string of the molecule is CCn1ccnc1N1CCN(CC(=O)Nc2cccc(Cl)c2)CC1.Cl.Cl. The molecule has 3 rings (SSSR count). The topological polar surface area (TPSA) is 53.4 Å². The van der Waals surface area contributed by atoms with Gasteiger partial charge in [0.1, 0.15) is 0 Å². The highest BCUT2D eigenvalue weighted by atomic mass is 35.5. The van der Waals surface area contributed by atoms with Crippen molar-refractivity contribution in [2.24, 2.45) is 0 Å². The number of nitrogens with one attached hydrogen (secondary N) is 1. The number of amides is 1. The second-order valence-electron chi connectivity index (χ2n) is 5.83. The molecule has 1 N–H and O–H groups in total. The van der Waals surface area contributed by atoms with Gasteiger partial charge in [-0.2, -0.15) is 0 Å². The number of carbonyl (C=O) groups is 1. The standard InChI is InChI=1S/C17H22ClN5O.2ClH/c1-2-22-7-6-19-17(22)23-10-8-21(9-11-23)13-16(24)20-15-5-3-4-14(18)12-15;;/h3-7,12H,2,8-11,13H2,1H3,(H,20,24);2*1H. The van der Waals surface area contributed by atoms with Crippen molar-refractivity contribution in [2.75, 3.05) is 42.9 Å². The number of halogens is 3. The smallest absolute Gasteiger partial charge is 0.238 e. The number of aryl methyl sites for hydroxylation is 1. The molecule has 2 aromatic rings. The summed E-state index contributed by atoms with van der Waals surface area (Å²) in [6, 6.07) is 7.21. The molecule has 0 spiro atoms. The van der Waals surface area contributed by atoms with E-state index in [9.17, 15) is 4.79 Å². The van der Waals surface area contributed by atoms with E-state index in [2.05, 4.69) is 31.6 Å². The predicted octanol–water partition coefficient (Wildman–Crippen LogP) is 3.16. The molecule has 1 aromatic heterocycles. The van der Waals surface area contributed by atoms with Crippen molar-refractivity contribution in [1.82, 2.24) is 14.5 Å². The van der Waals surface area contributed by atoms with Gasteiger partial charge in [0.25, 0.3) is 0 Å². The van der Waals surface area contributed by atoms with Crippen LogP contribution in [-0.2, 0) is 11.3 Å². The minimum Gasteiger partial charge on any atom is -0.340 e. The lowest BCUT2D eigenvalue weighted by molar-refractivity contribution is -0.117. The van der Waals surface area contributed by atoms with Crippen molar-refractivity contribution in [3.63, 3.8) is 0 Å². The second-order valence-corrected chi connectivity index (χ2v) is 6.27. The summed E-state index contributed by atoms with van der Waals surface area (Å²) < 4.78 is 2.14. The van der Waals surface area contributed by atoms with Crippen LogP contribution in [0.2, 0.25) is 5.02 Å². The number of hydrogen-bond donors (Lipinski definition) is 1. The fourth-order valence-electron chi connectivity index (χ4n) is 2.91. The quantitative estimate of drug-likeness (QED) is 0.807. The number of rotatable bonds is 5. The lowest BCUT2D eigenvalue weighted by Crippen LogP contribution is -2.49. The lowest BCUT2D eigenvalue weighted by atomic mass is 10.3. The highest BCUT2D eigenvalue weighted by Crippen LogP contribution is 2.16. The number of imidazole rings is 1. The van der Waals surface area contributed by atoms with E-state index in [0.717, 1.165) is 44.4 Å². The average Bonchev–Trinajstić information content (AvgIpc) is 3.04. The molecule has 0 unspecified atom stereocenters. The largest absolute Gasteiger partial charge is 0.340 e. The maximum absolute atomic E-state index is 12.2. The van der Waals surface area contributed by atoms with Gasteiger partial charge in [0.15, 0.2) is 0 Å². The molecule has 0 saturated carbocycles. The van der Waals surface area contributed by atoms with Crippen LogP contribution in [0, 0.1) is 0 Å². The molecule has 1 aromatic carbocycles. The molecule has 144 valence electrons. The minimum atomic E-state index is -0.0132. The van der Waals surface area contributed by atoms with Crippen molar-refractivity contribution in [2.45, 2.75) is 13.5 Å². The Morgan fingerprint density at radius 3 is 2.62 bits per heavy atom. The third-order valence-corrected chi connectivity index (χ3v) is 4.40. The summed E-state index contributed by atoms with van der Waals surface area (Å²) in [6.45, 7) is 6.86. The van der Waals surface area contributed by atoms with Crippen molar-refractivity contribution in [3.8, 4) is 0 Å². The van der Waals surface area contributed by atoms with Crippen LogP contribution in [0.4, 0.5) is 11.6 Å². The maximum atomic E-state index is 12.2. The Morgan fingerprint density at radius 2 is 1.96 bits per heavy atom. The van der Waals surface area contributed by atoms with Gasteiger partial charge in [-0.25, -0.2) is 4.98 Å². The van der Waals surface area contributed by atoms with Crippen LogP contribution >= 0.6 is 36.4 Å². The first kappa shape index (κ1) is 22.6. The molecule has 9 heteroatoms. The Hall–Kier alpha value is -1.47. The number of nitrogens with zero attached hydrogens (tertiary/aromatic N) is 4. The van der Waals surface area contributed by atoms with Crippen molar-refractivity contribution in [1.29, 1.82) is 0 Å². The fourth-order valence-corrected chi connectivity index (χ4v) is 3.10. The van der Waals surface area contributed by atoms with Gasteiger partial charge in [-0.05, 0) is 25.1 Å². The highest BCUT2D eigenvalue weighted by molar-refractivity contribution is 6.30. The van der Waals surface area contributed by atoms with E-state index in [1.54, 1.807) is 12.1 Å². The molecule has 26 heavy (non-hydrogen) atoms. The van der Waals surface area contributed by atoms with E-state index >= 15 is 0 Å². The van der Waals surface area contributed by atoms with Gasteiger partial charge in [0.05, 0.1) is 6.54 Å². The van der Waals surface area contributed by atoms with Gasteiger partial charge in [0, 0.05) is 55.8 Å². The van der Waals surface area contributed by atoms with Crippen LogP contribution in [0.1, 0.15) is 6.92 Å². The summed E-state index contributed by atoms with van der Waals surface area (Å²) in [5.74, 6) is 1.00. The Labute approximate surface area is 171 Å². The zero-order valence-electron chi connectivity index (χ0n) is 14.6. The molecule has 0 radical (unpaired) electrons. The molecule has 1 fully saturated rings. The van der Waals surface area contributed by atoms with Crippen LogP contribution in [0.15, 0.2) is 36.7 Å². The molecular weight excluding hydrogens is 397 g/mol. The lowest BCUT2D eigenvalue weighted by Gasteiger charge is -2.35. The number of aromatic nitrogens is 2. The Morgan fingerprint density at radius 1 is 1.23 bits per heavy atom. The average molecular weight is 421 g/mol. The first-order valence-electron chi connectivity index (χ1n) is 8.19. The first-order chi connectivity index (χ1) is 11.7. The number of hydrogen-bond acceptors (Lipinski definition) is 4. The van der Waals surface area contributed by atoms with Crippen molar-refractivity contribution < 1.29 is 4.79 Å². The van der Waals surface area contributed by atoms with E-state index in [1.165, 1.54) is 0 Å². The van der Waals surface area contributed by atoms with E-state index in [4.69, 9.17) is 11.6 Å². The third kappa shape index (κ3) is 5.77. The summed E-state index contributed by atoms with van der Waals surface area (Å²) in [5, 5.41) is 3.51. The number of anilines is 2. The summed E-state index contributed by atoms with van der Waals surface area (Å²) in [5.41, 5.74) is 0.733. The molecule has 6 nitrogen and oxygen atoms in total. The molecule has 1 saturated heterocycles. The van der Waals surface area contributed by atoms with Crippen LogP contribution in [0.5, 0.6) is 0 Å². The molecule has 0 aliphatic carbocycles. The summed E-state index contributed by atoms with van der Waals surface area (Å²) in [4.78, 5) is 21.1. The molecule has 1 aliphatic heterocycles. The summed E-state index contributed by atoms with van der Waals surface area (Å²) >= 11 is 5.93. The minimum absolute atomic E-state index is 0. The normalized spacial score (nSPS) is 14.3. The van der Waals surface area contributed by atoms with Crippen LogP contribution in [-0.4, -0.2) is 53.1 Å². The Balaban J connectivity index is 0.00000169. The van der Waals surface area contributed by atoms with E-state index in [1.807, 2.05) is 24.5 Å². The van der Waals surface area contributed by atoms with E-state index < -0.39 is 0 Å². The molecule has 1 aliphatic rings. The first-order valence-corrected chi connectivity index (χ1v) is 8.57. The predicted molar refractivity (Wildman–Crippen MR) is 111 cm³/mol. The number of benzene rings is 1. The zero-order chi connectivity index (χ0) is 16.9. The van der Waals surface area contributed by atoms with E-state index in [-0.39, 0.29) is 30.7 Å². The number of carbonyl (C=O) groups excluding carboxylic acids is 1. The number of piperazine rings is 1. The van der Waals surface area contributed by atoms with Gasteiger partial charge in [-0.3, -0.25) is 9.69 Å². The van der Waals surface area contributed by atoms with E-state index in [0.29, 0.717) is 11.6 Å². The third-order valence-electron chi connectivity index (χ3n) is 4.16. The van der Waals surface area contributed by atoms with Gasteiger partial charge in [0.2, 0.25) is 11.9 Å².